The number of ketones is 1. The second kappa shape index (κ2) is 6.01. The maximum atomic E-state index is 11.2. The molecule has 0 aromatic heterocycles. The van der Waals surface area contributed by atoms with Gasteiger partial charge in [0, 0.05) is 24.3 Å². The van der Waals surface area contributed by atoms with Crippen LogP contribution in [0.2, 0.25) is 0 Å². The molecule has 0 aliphatic carbocycles. The van der Waals surface area contributed by atoms with E-state index < -0.39 is 0 Å². The smallest absolute Gasteiger partial charge is 0.159 e. The molecule has 3 nitrogen and oxygen atoms in total. The minimum absolute atomic E-state index is 0.121. The summed E-state index contributed by atoms with van der Waals surface area (Å²) in [7, 11) is 2.19. The summed E-state index contributed by atoms with van der Waals surface area (Å²) >= 11 is 0. The Morgan fingerprint density at radius 2 is 2.11 bits per heavy atom. The molecule has 0 saturated carbocycles. The molecule has 0 amide bonds. The highest BCUT2D eigenvalue weighted by Crippen LogP contribution is 2.17. The van der Waals surface area contributed by atoms with Crippen molar-refractivity contribution < 1.29 is 4.79 Å². The monoisotopic (exact) mass is 246 g/mol. The fraction of sp³-hybridized carbons (Fsp3) is 0.533. The number of carbonyl (C=O) groups excluding carboxylic acids is 1. The van der Waals surface area contributed by atoms with Crippen LogP contribution in [0.15, 0.2) is 24.3 Å². The van der Waals surface area contributed by atoms with Crippen molar-refractivity contribution >= 4 is 11.5 Å². The van der Waals surface area contributed by atoms with Gasteiger partial charge in [0.25, 0.3) is 0 Å². The summed E-state index contributed by atoms with van der Waals surface area (Å²) in [5.41, 5.74) is 1.88. The predicted octanol–water partition coefficient (Wildman–Crippen LogP) is 2.64. The second-order valence-electron chi connectivity index (χ2n) is 5.28. The number of nitrogens with zero attached hydrogens (tertiary/aromatic N) is 1. The lowest BCUT2D eigenvalue weighted by Crippen LogP contribution is -2.35. The first-order chi connectivity index (χ1) is 8.65. The molecule has 0 radical (unpaired) electrons. The van der Waals surface area contributed by atoms with Crippen molar-refractivity contribution in [2.24, 2.45) is 5.92 Å². The van der Waals surface area contributed by atoms with Gasteiger partial charge >= 0.3 is 0 Å². The normalized spacial score (nSPS) is 20.7. The molecule has 1 saturated heterocycles. The van der Waals surface area contributed by atoms with E-state index >= 15 is 0 Å². The van der Waals surface area contributed by atoms with Crippen molar-refractivity contribution in [1.29, 1.82) is 0 Å². The van der Waals surface area contributed by atoms with Gasteiger partial charge in [-0.1, -0.05) is 0 Å². The Hall–Kier alpha value is -1.35. The number of piperidine rings is 1. The summed E-state index contributed by atoms with van der Waals surface area (Å²) in [4.78, 5) is 13.6. The van der Waals surface area contributed by atoms with Gasteiger partial charge in [0.2, 0.25) is 0 Å². The van der Waals surface area contributed by atoms with Crippen molar-refractivity contribution in [3.63, 3.8) is 0 Å². The first-order valence-electron chi connectivity index (χ1n) is 6.68. The van der Waals surface area contributed by atoms with Gasteiger partial charge in [-0.3, -0.25) is 4.79 Å². The van der Waals surface area contributed by atoms with Gasteiger partial charge < -0.3 is 10.2 Å². The fourth-order valence-electron chi connectivity index (χ4n) is 2.52. The third kappa shape index (κ3) is 3.57. The van der Waals surface area contributed by atoms with Gasteiger partial charge in [0.15, 0.2) is 5.78 Å². The van der Waals surface area contributed by atoms with Crippen LogP contribution >= 0.6 is 0 Å². The summed E-state index contributed by atoms with van der Waals surface area (Å²) in [5.74, 6) is 0.853. The van der Waals surface area contributed by atoms with E-state index in [2.05, 4.69) is 17.3 Å². The number of likely N-dealkylation sites (tertiary alicyclic amines) is 1. The third-order valence-electron chi connectivity index (χ3n) is 3.61. The number of carbonyl (C=O) groups is 1. The van der Waals surface area contributed by atoms with Crippen LogP contribution in [0.1, 0.15) is 30.1 Å². The molecule has 1 aliphatic rings. The Balaban J connectivity index is 1.84. The summed E-state index contributed by atoms with van der Waals surface area (Å²) in [5, 5.41) is 3.46. The average molecular weight is 246 g/mol. The van der Waals surface area contributed by atoms with Crippen molar-refractivity contribution in [1.82, 2.24) is 4.90 Å². The molecule has 1 fully saturated rings. The molecule has 0 bridgehead atoms. The van der Waals surface area contributed by atoms with Crippen LogP contribution in [0.3, 0.4) is 0 Å². The minimum Gasteiger partial charge on any atom is -0.385 e. The number of hydrogen-bond acceptors (Lipinski definition) is 3. The van der Waals surface area contributed by atoms with Crippen molar-refractivity contribution in [2.45, 2.75) is 19.8 Å². The average Bonchev–Trinajstić information content (AvgIpc) is 2.37. The Bertz CT molecular complexity index is 399. The number of Topliss-reactive ketones (excluding diaryl/α,β-unsaturated/α-hetero) is 1. The van der Waals surface area contributed by atoms with E-state index in [4.69, 9.17) is 0 Å². The first kappa shape index (κ1) is 13.1. The van der Waals surface area contributed by atoms with Gasteiger partial charge in [0.05, 0.1) is 0 Å². The summed E-state index contributed by atoms with van der Waals surface area (Å²) in [6, 6.07) is 7.75. The Morgan fingerprint density at radius 1 is 1.39 bits per heavy atom. The molecule has 1 aromatic carbocycles. The van der Waals surface area contributed by atoms with Crippen LogP contribution in [0.4, 0.5) is 5.69 Å². The van der Waals surface area contributed by atoms with Crippen LogP contribution < -0.4 is 5.32 Å². The van der Waals surface area contributed by atoms with Crippen LogP contribution in [-0.4, -0.2) is 37.4 Å². The molecular formula is C15H22N2O. The van der Waals surface area contributed by atoms with Gasteiger partial charge in [-0.05, 0) is 63.5 Å². The van der Waals surface area contributed by atoms with Crippen molar-refractivity contribution in [2.75, 3.05) is 32.0 Å². The van der Waals surface area contributed by atoms with E-state index in [0.29, 0.717) is 0 Å². The summed E-state index contributed by atoms with van der Waals surface area (Å²) < 4.78 is 0. The molecule has 1 heterocycles. The predicted molar refractivity (Wildman–Crippen MR) is 75.2 cm³/mol. The molecule has 1 unspecified atom stereocenters. The lowest BCUT2D eigenvalue weighted by Gasteiger charge is -2.29. The Labute approximate surface area is 109 Å². The van der Waals surface area contributed by atoms with Gasteiger partial charge in [0.1, 0.15) is 0 Å². The Kier molecular flexibility index (Phi) is 4.37. The number of hydrogen-bond donors (Lipinski definition) is 1. The topological polar surface area (TPSA) is 32.3 Å². The fourth-order valence-corrected chi connectivity index (χ4v) is 2.52. The quantitative estimate of drug-likeness (QED) is 0.829. The van der Waals surface area contributed by atoms with E-state index in [1.807, 2.05) is 24.3 Å². The molecule has 1 atom stereocenters. The molecule has 1 N–H and O–H groups in total. The van der Waals surface area contributed by atoms with E-state index in [0.717, 1.165) is 23.7 Å². The minimum atomic E-state index is 0.121. The summed E-state index contributed by atoms with van der Waals surface area (Å²) in [6.07, 6.45) is 2.61. The highest BCUT2D eigenvalue weighted by molar-refractivity contribution is 5.94. The molecule has 3 heteroatoms. The number of benzene rings is 1. The summed E-state index contributed by atoms with van der Waals surface area (Å²) in [6.45, 7) is 5.02. The Morgan fingerprint density at radius 3 is 2.72 bits per heavy atom. The van der Waals surface area contributed by atoms with E-state index in [-0.39, 0.29) is 5.78 Å². The molecular weight excluding hydrogens is 224 g/mol. The maximum absolute atomic E-state index is 11.2. The van der Waals surface area contributed by atoms with Gasteiger partial charge in [-0.2, -0.15) is 0 Å². The standard InChI is InChI=1S/C15H22N2O/c1-12(18)14-5-7-15(8-6-14)16-10-13-4-3-9-17(2)11-13/h5-8,13,16H,3-4,9-11H2,1-2H3. The number of anilines is 1. The molecule has 98 valence electrons. The maximum Gasteiger partial charge on any atom is 0.159 e. The zero-order valence-electron chi connectivity index (χ0n) is 11.3. The van der Waals surface area contributed by atoms with Crippen LogP contribution in [0.5, 0.6) is 0 Å². The largest absolute Gasteiger partial charge is 0.385 e. The van der Waals surface area contributed by atoms with E-state index in [9.17, 15) is 4.79 Å². The zero-order chi connectivity index (χ0) is 13.0. The van der Waals surface area contributed by atoms with Crippen LogP contribution in [-0.2, 0) is 0 Å². The van der Waals surface area contributed by atoms with Crippen LogP contribution in [0, 0.1) is 5.92 Å². The number of rotatable bonds is 4. The SMILES string of the molecule is CC(=O)c1ccc(NCC2CCCN(C)C2)cc1. The van der Waals surface area contributed by atoms with E-state index in [1.165, 1.54) is 25.9 Å². The van der Waals surface area contributed by atoms with Gasteiger partial charge in [-0.15, -0.1) is 0 Å². The molecule has 0 spiro atoms. The zero-order valence-corrected chi connectivity index (χ0v) is 11.3. The lowest BCUT2D eigenvalue weighted by molar-refractivity contribution is 0.101. The molecule has 18 heavy (non-hydrogen) atoms. The highest BCUT2D eigenvalue weighted by Gasteiger charge is 2.16. The second-order valence-corrected chi connectivity index (χ2v) is 5.28. The molecule has 1 aromatic rings. The number of nitrogens with one attached hydrogen (secondary N) is 1. The van der Waals surface area contributed by atoms with Crippen molar-refractivity contribution in [3.8, 4) is 0 Å². The highest BCUT2D eigenvalue weighted by atomic mass is 16.1. The van der Waals surface area contributed by atoms with Crippen LogP contribution in [0.25, 0.3) is 0 Å². The van der Waals surface area contributed by atoms with Gasteiger partial charge in [-0.25, -0.2) is 0 Å². The first-order valence-corrected chi connectivity index (χ1v) is 6.68. The molecule has 2 rings (SSSR count). The van der Waals surface area contributed by atoms with E-state index in [1.54, 1.807) is 6.92 Å². The lowest BCUT2D eigenvalue weighted by atomic mass is 9.98. The third-order valence-corrected chi connectivity index (χ3v) is 3.61. The van der Waals surface area contributed by atoms with Crippen molar-refractivity contribution in [3.05, 3.63) is 29.8 Å². The molecule has 1 aliphatic heterocycles.